The molecule has 0 unspecified atom stereocenters. The summed E-state index contributed by atoms with van der Waals surface area (Å²) in [5.74, 6) is -0.817. The zero-order chi connectivity index (χ0) is 30.2. The molecule has 2 aromatic heterocycles. The molecule has 1 aliphatic heterocycles. The minimum atomic E-state index is -0.713. The second-order valence-corrected chi connectivity index (χ2v) is 11.3. The fourth-order valence-electron chi connectivity index (χ4n) is 5.89. The first-order valence-electron chi connectivity index (χ1n) is 14.2. The van der Waals surface area contributed by atoms with Crippen LogP contribution in [0.5, 0.6) is 0 Å². The fraction of sp³-hybridized carbons (Fsp3) is 0.235. The van der Waals surface area contributed by atoms with Crippen molar-refractivity contribution in [3.8, 4) is 0 Å². The number of allylic oxidation sites excluding steroid dienone is 1. The summed E-state index contributed by atoms with van der Waals surface area (Å²) in [4.78, 5) is 45.4. The van der Waals surface area contributed by atoms with Crippen LogP contribution in [-0.2, 0) is 25.6 Å². The van der Waals surface area contributed by atoms with Crippen molar-refractivity contribution in [1.82, 2.24) is 9.13 Å². The van der Waals surface area contributed by atoms with Gasteiger partial charge in [-0.2, -0.15) is 0 Å². The fourth-order valence-corrected chi connectivity index (χ4v) is 6.91. The molecule has 1 aliphatic rings. The van der Waals surface area contributed by atoms with Gasteiger partial charge in [-0.25, -0.2) is 9.79 Å². The quantitative estimate of drug-likeness (QED) is 0.254. The number of nitrogens with zero attached hydrogens (tertiary/aromatic N) is 3. The van der Waals surface area contributed by atoms with Crippen LogP contribution < -0.4 is 14.9 Å². The third-order valence-electron chi connectivity index (χ3n) is 7.78. The third kappa shape index (κ3) is 4.89. The minimum Gasteiger partial charge on any atom is -0.465 e. The number of ether oxygens (including phenoxy) is 2. The number of esters is 2. The largest absolute Gasteiger partial charge is 0.465 e. The molecule has 0 saturated carbocycles. The summed E-state index contributed by atoms with van der Waals surface area (Å²) in [6.45, 7) is 7.84. The Morgan fingerprint density at radius 2 is 1.63 bits per heavy atom. The highest BCUT2D eigenvalue weighted by atomic mass is 32.1. The maximum atomic E-state index is 14.3. The van der Waals surface area contributed by atoms with E-state index in [1.165, 1.54) is 11.3 Å². The molecule has 3 heterocycles. The van der Waals surface area contributed by atoms with Gasteiger partial charge >= 0.3 is 11.9 Å². The summed E-state index contributed by atoms with van der Waals surface area (Å²) in [5.41, 5.74) is 4.00. The van der Waals surface area contributed by atoms with Crippen molar-refractivity contribution in [3.05, 3.63) is 115 Å². The van der Waals surface area contributed by atoms with Gasteiger partial charge in [0, 0.05) is 22.2 Å². The average Bonchev–Trinajstić information content (AvgIpc) is 3.44. The zero-order valence-corrected chi connectivity index (χ0v) is 25.2. The molecule has 0 fully saturated rings. The summed E-state index contributed by atoms with van der Waals surface area (Å²) in [5, 5.41) is 2.87. The molecule has 0 spiro atoms. The predicted octanol–water partition coefficient (Wildman–Crippen LogP) is 4.78. The average molecular weight is 594 g/mol. The predicted molar refractivity (Wildman–Crippen MR) is 168 cm³/mol. The molecule has 0 amide bonds. The van der Waals surface area contributed by atoms with Crippen molar-refractivity contribution in [2.45, 2.75) is 40.3 Å². The Morgan fingerprint density at radius 3 is 2.40 bits per heavy atom. The van der Waals surface area contributed by atoms with Crippen LogP contribution in [0.3, 0.4) is 0 Å². The molecule has 3 aromatic carbocycles. The van der Waals surface area contributed by atoms with Gasteiger partial charge in [0.15, 0.2) is 4.80 Å². The topological polar surface area (TPSA) is 91.9 Å². The van der Waals surface area contributed by atoms with Gasteiger partial charge in [0.1, 0.15) is 6.54 Å². The number of hydrogen-bond donors (Lipinski definition) is 0. The molecule has 0 radical (unpaired) electrons. The van der Waals surface area contributed by atoms with E-state index in [9.17, 15) is 14.4 Å². The van der Waals surface area contributed by atoms with Crippen molar-refractivity contribution < 1.29 is 19.1 Å². The first-order valence-corrected chi connectivity index (χ1v) is 15.1. The number of benzene rings is 3. The van der Waals surface area contributed by atoms with Gasteiger partial charge in [-0.3, -0.25) is 14.2 Å². The SMILES string of the molecule is CCOC(=O)Cn1c(C)c(/C=c2/sc3n(c2=O)[C@H](c2cccc4ccccc24)C(C(=O)OCC)=C(C)N=3)c2ccccc21. The number of para-hydroxylation sites is 1. The van der Waals surface area contributed by atoms with E-state index in [2.05, 4.69) is 0 Å². The summed E-state index contributed by atoms with van der Waals surface area (Å²) < 4.78 is 14.7. The molecule has 5 aromatic rings. The molecular formula is C34H31N3O5S. The van der Waals surface area contributed by atoms with E-state index < -0.39 is 12.0 Å². The van der Waals surface area contributed by atoms with Gasteiger partial charge in [-0.15, -0.1) is 0 Å². The van der Waals surface area contributed by atoms with Crippen LogP contribution in [0.2, 0.25) is 0 Å². The second-order valence-electron chi connectivity index (χ2n) is 10.3. The molecule has 43 heavy (non-hydrogen) atoms. The number of rotatable bonds is 7. The van der Waals surface area contributed by atoms with E-state index in [4.69, 9.17) is 14.5 Å². The summed E-state index contributed by atoms with van der Waals surface area (Å²) in [6, 6.07) is 20.9. The Kier molecular flexibility index (Phi) is 7.58. The third-order valence-corrected chi connectivity index (χ3v) is 8.77. The van der Waals surface area contributed by atoms with Gasteiger partial charge in [0.05, 0.1) is 35.1 Å². The Morgan fingerprint density at radius 1 is 0.930 bits per heavy atom. The summed E-state index contributed by atoms with van der Waals surface area (Å²) in [7, 11) is 0. The van der Waals surface area contributed by atoms with E-state index in [1.54, 1.807) is 25.3 Å². The molecule has 0 N–H and O–H groups in total. The lowest BCUT2D eigenvalue weighted by Gasteiger charge is -2.25. The van der Waals surface area contributed by atoms with Gasteiger partial charge < -0.3 is 14.0 Å². The van der Waals surface area contributed by atoms with Crippen LogP contribution in [0.25, 0.3) is 27.8 Å². The van der Waals surface area contributed by atoms with Crippen molar-refractivity contribution in [1.29, 1.82) is 0 Å². The van der Waals surface area contributed by atoms with Crippen LogP contribution in [0.4, 0.5) is 0 Å². The lowest BCUT2D eigenvalue weighted by molar-refractivity contribution is -0.143. The first kappa shape index (κ1) is 28.4. The van der Waals surface area contributed by atoms with E-state index in [0.717, 1.165) is 38.5 Å². The van der Waals surface area contributed by atoms with E-state index >= 15 is 0 Å². The summed E-state index contributed by atoms with van der Waals surface area (Å²) >= 11 is 1.28. The van der Waals surface area contributed by atoms with Crippen molar-refractivity contribution in [3.63, 3.8) is 0 Å². The number of aromatic nitrogens is 2. The second kappa shape index (κ2) is 11.5. The number of thiazole rings is 1. The molecule has 9 heteroatoms. The molecular weight excluding hydrogens is 562 g/mol. The van der Waals surface area contributed by atoms with Crippen LogP contribution in [0.1, 0.15) is 43.6 Å². The van der Waals surface area contributed by atoms with Crippen molar-refractivity contribution in [2.75, 3.05) is 13.2 Å². The molecule has 1 atom stereocenters. The Labute approximate surface area is 251 Å². The smallest absolute Gasteiger partial charge is 0.338 e. The van der Waals surface area contributed by atoms with E-state index in [0.29, 0.717) is 27.2 Å². The minimum absolute atomic E-state index is 0.0679. The molecule has 0 aliphatic carbocycles. The maximum Gasteiger partial charge on any atom is 0.338 e. The summed E-state index contributed by atoms with van der Waals surface area (Å²) in [6.07, 6.45) is 1.87. The van der Waals surface area contributed by atoms with Crippen LogP contribution >= 0.6 is 11.3 Å². The highest BCUT2D eigenvalue weighted by Crippen LogP contribution is 2.35. The normalized spacial score (nSPS) is 15.1. The van der Waals surface area contributed by atoms with E-state index in [-0.39, 0.29) is 24.7 Å². The number of carbonyl (C=O) groups excluding carboxylic acids is 2. The van der Waals surface area contributed by atoms with Gasteiger partial charge in [0.25, 0.3) is 5.56 Å². The van der Waals surface area contributed by atoms with Gasteiger partial charge in [0.2, 0.25) is 0 Å². The van der Waals surface area contributed by atoms with Crippen molar-refractivity contribution in [2.24, 2.45) is 4.99 Å². The van der Waals surface area contributed by atoms with Crippen LogP contribution in [0, 0.1) is 6.92 Å². The number of hydrogen-bond acceptors (Lipinski definition) is 7. The lowest BCUT2D eigenvalue weighted by atomic mass is 9.91. The molecule has 8 nitrogen and oxygen atoms in total. The molecule has 218 valence electrons. The molecule has 0 saturated heterocycles. The number of fused-ring (bicyclic) bond motifs is 3. The monoisotopic (exact) mass is 593 g/mol. The Hall–Kier alpha value is -4.76. The standard InChI is InChI=1S/C34H31N3O5S/c1-5-41-29(38)19-36-21(4)26(24-15-9-10-17-27(24)36)18-28-32(39)37-31(25-16-11-13-22-12-7-8-14-23(22)25)30(33(40)42-6-2)20(3)35-34(37)43-28/h7-18,31H,5-6,19H2,1-4H3/b28-18+/t31-/m1/s1. The highest BCUT2D eigenvalue weighted by Gasteiger charge is 2.34. The maximum absolute atomic E-state index is 14.3. The first-order chi connectivity index (χ1) is 20.8. The van der Waals surface area contributed by atoms with Crippen LogP contribution in [-0.4, -0.2) is 34.3 Å². The molecule has 0 bridgehead atoms. The van der Waals surface area contributed by atoms with Gasteiger partial charge in [-0.1, -0.05) is 72.0 Å². The zero-order valence-electron chi connectivity index (χ0n) is 24.4. The van der Waals surface area contributed by atoms with Crippen LogP contribution in [0.15, 0.2) is 87.8 Å². The Bertz CT molecular complexity index is 2130. The highest BCUT2D eigenvalue weighted by molar-refractivity contribution is 7.07. The lowest BCUT2D eigenvalue weighted by Crippen LogP contribution is -2.40. The van der Waals surface area contributed by atoms with Crippen molar-refractivity contribution >= 4 is 51.0 Å². The van der Waals surface area contributed by atoms with Gasteiger partial charge in [-0.05, 0) is 56.2 Å². The number of carbonyl (C=O) groups is 2. The Balaban J connectivity index is 1.59. The van der Waals surface area contributed by atoms with E-state index in [1.807, 2.05) is 84.3 Å². The molecule has 6 rings (SSSR count).